The fourth-order valence-corrected chi connectivity index (χ4v) is 1.84. The summed E-state index contributed by atoms with van der Waals surface area (Å²) in [6.07, 6.45) is 0. The normalized spacial score (nSPS) is 10.5. The van der Waals surface area contributed by atoms with Crippen molar-refractivity contribution in [2.24, 2.45) is 0 Å². The zero-order chi connectivity index (χ0) is 11.0. The highest BCUT2D eigenvalue weighted by Gasteiger charge is 2.10. The van der Waals surface area contributed by atoms with Gasteiger partial charge in [0.2, 0.25) is 0 Å². The molecule has 0 unspecified atom stereocenters. The molecular weight excluding hydrogens is 214 g/mol. The lowest BCUT2D eigenvalue weighted by molar-refractivity contribution is 1.13. The summed E-state index contributed by atoms with van der Waals surface area (Å²) in [6.45, 7) is 1.83. The average molecular weight is 223 g/mol. The van der Waals surface area contributed by atoms with Crippen LogP contribution < -0.4 is 17.0 Å². The molecular formula is C8H9N5OS. The summed E-state index contributed by atoms with van der Waals surface area (Å²) in [5.74, 6) is 0.442. The molecule has 15 heavy (non-hydrogen) atoms. The van der Waals surface area contributed by atoms with Crippen LogP contribution in [-0.2, 0) is 0 Å². The van der Waals surface area contributed by atoms with Crippen molar-refractivity contribution < 1.29 is 0 Å². The Balaban J connectivity index is 2.66. The van der Waals surface area contributed by atoms with Gasteiger partial charge in [-0.15, -0.1) is 0 Å². The summed E-state index contributed by atoms with van der Waals surface area (Å²) in [5.41, 5.74) is 12.0. The van der Waals surface area contributed by atoms with Gasteiger partial charge in [-0.2, -0.15) is 4.37 Å². The maximum absolute atomic E-state index is 11.3. The first-order chi connectivity index (χ1) is 7.09. The van der Waals surface area contributed by atoms with Crippen molar-refractivity contribution in [2.45, 2.75) is 6.92 Å². The van der Waals surface area contributed by atoms with E-state index >= 15 is 0 Å². The molecule has 5 N–H and O–H groups in total. The van der Waals surface area contributed by atoms with Gasteiger partial charge in [-0.1, -0.05) is 0 Å². The van der Waals surface area contributed by atoms with E-state index in [9.17, 15) is 4.79 Å². The van der Waals surface area contributed by atoms with Gasteiger partial charge < -0.3 is 16.5 Å². The Morgan fingerprint density at radius 3 is 2.73 bits per heavy atom. The zero-order valence-electron chi connectivity index (χ0n) is 7.94. The molecule has 2 aromatic heterocycles. The summed E-state index contributed by atoms with van der Waals surface area (Å²) in [5, 5.41) is 1.79. The van der Waals surface area contributed by atoms with Crippen LogP contribution in [0.25, 0.3) is 11.4 Å². The van der Waals surface area contributed by atoms with Crippen molar-refractivity contribution in [2.75, 3.05) is 11.5 Å². The van der Waals surface area contributed by atoms with Gasteiger partial charge in [0.05, 0.1) is 11.3 Å². The first kappa shape index (κ1) is 9.66. The summed E-state index contributed by atoms with van der Waals surface area (Å²) in [7, 11) is 0. The van der Waals surface area contributed by atoms with Gasteiger partial charge in [-0.3, -0.25) is 4.79 Å². The molecule has 0 aliphatic heterocycles. The highest BCUT2D eigenvalue weighted by molar-refractivity contribution is 7.04. The Labute approximate surface area is 89.1 Å². The van der Waals surface area contributed by atoms with Crippen molar-refractivity contribution in [3.63, 3.8) is 0 Å². The molecule has 0 amide bonds. The van der Waals surface area contributed by atoms with Gasteiger partial charge >= 0.3 is 0 Å². The lowest BCUT2D eigenvalue weighted by atomic mass is 10.2. The van der Waals surface area contributed by atoms with E-state index in [1.165, 1.54) is 11.5 Å². The Bertz CT molecular complexity index is 558. The van der Waals surface area contributed by atoms with Crippen molar-refractivity contribution in [1.82, 2.24) is 14.3 Å². The van der Waals surface area contributed by atoms with E-state index in [2.05, 4.69) is 14.3 Å². The third kappa shape index (κ3) is 1.57. The molecule has 0 aliphatic rings. The minimum absolute atomic E-state index is 0.0411. The molecule has 0 radical (unpaired) electrons. The molecule has 0 aliphatic carbocycles. The Hall–Kier alpha value is -1.89. The summed E-state index contributed by atoms with van der Waals surface area (Å²) in [6, 6.07) is 0. The largest absolute Gasteiger partial charge is 0.391 e. The van der Waals surface area contributed by atoms with Crippen LogP contribution in [0.4, 0.5) is 11.5 Å². The summed E-state index contributed by atoms with van der Waals surface area (Å²) in [4.78, 5) is 17.9. The summed E-state index contributed by atoms with van der Waals surface area (Å²) < 4.78 is 4.08. The van der Waals surface area contributed by atoms with Crippen LogP contribution in [0, 0.1) is 6.92 Å². The standard InChI is InChI=1S/C8H9N5OS/c1-3-4(2-15-13-3)7-11-6(10)5(9)8(14)12-7/h2H,9H2,1H3,(H3,10,11,12,14). The fraction of sp³-hybridized carbons (Fsp3) is 0.125. The molecule has 0 spiro atoms. The second-order valence-corrected chi connectivity index (χ2v) is 3.66. The van der Waals surface area contributed by atoms with Crippen molar-refractivity contribution in [3.8, 4) is 11.4 Å². The molecule has 0 aromatic carbocycles. The Kier molecular flexibility index (Phi) is 2.16. The molecule has 0 bridgehead atoms. The molecule has 2 aromatic rings. The maximum Gasteiger partial charge on any atom is 0.276 e. The number of anilines is 2. The van der Waals surface area contributed by atoms with Crippen LogP contribution in [0.2, 0.25) is 0 Å². The first-order valence-corrected chi connectivity index (χ1v) is 5.00. The quantitative estimate of drug-likeness (QED) is 0.646. The first-order valence-electron chi connectivity index (χ1n) is 4.16. The molecule has 2 heterocycles. The topological polar surface area (TPSA) is 111 Å². The molecule has 0 fully saturated rings. The Morgan fingerprint density at radius 2 is 2.20 bits per heavy atom. The van der Waals surface area contributed by atoms with E-state index in [4.69, 9.17) is 11.5 Å². The molecule has 78 valence electrons. The predicted molar refractivity (Wildman–Crippen MR) is 59.5 cm³/mol. The lowest BCUT2D eigenvalue weighted by Crippen LogP contribution is -2.17. The van der Waals surface area contributed by atoms with Gasteiger partial charge in [-0.05, 0) is 18.5 Å². The second-order valence-electron chi connectivity index (χ2n) is 3.03. The van der Waals surface area contributed by atoms with Gasteiger partial charge in [0, 0.05) is 5.38 Å². The second kappa shape index (κ2) is 3.35. The number of aryl methyl sites for hydroxylation is 1. The smallest absolute Gasteiger partial charge is 0.276 e. The van der Waals surface area contributed by atoms with E-state index < -0.39 is 5.56 Å². The third-order valence-corrected chi connectivity index (χ3v) is 2.71. The third-order valence-electron chi connectivity index (χ3n) is 1.99. The summed E-state index contributed by atoms with van der Waals surface area (Å²) >= 11 is 1.29. The highest BCUT2D eigenvalue weighted by Crippen LogP contribution is 2.21. The molecule has 2 rings (SSSR count). The number of nitrogens with zero attached hydrogens (tertiary/aromatic N) is 2. The number of nitrogens with two attached hydrogens (primary N) is 2. The molecule has 7 heteroatoms. The van der Waals surface area contributed by atoms with Gasteiger partial charge in [0.1, 0.15) is 11.5 Å². The van der Waals surface area contributed by atoms with Crippen LogP contribution >= 0.6 is 11.5 Å². The average Bonchev–Trinajstić information content (AvgIpc) is 2.60. The molecule has 0 saturated heterocycles. The number of rotatable bonds is 1. The molecule has 0 saturated carbocycles. The predicted octanol–water partition coefficient (Wildman–Crippen LogP) is 0.366. The minimum atomic E-state index is -0.428. The van der Waals surface area contributed by atoms with Crippen LogP contribution in [0.1, 0.15) is 5.69 Å². The van der Waals surface area contributed by atoms with Crippen LogP contribution in [0.3, 0.4) is 0 Å². The van der Waals surface area contributed by atoms with Crippen LogP contribution in [-0.4, -0.2) is 14.3 Å². The number of aromatic amines is 1. The Morgan fingerprint density at radius 1 is 1.47 bits per heavy atom. The van der Waals surface area contributed by atoms with Crippen LogP contribution in [0.5, 0.6) is 0 Å². The number of aromatic nitrogens is 3. The van der Waals surface area contributed by atoms with Crippen molar-refractivity contribution >= 4 is 23.0 Å². The number of hydrogen-bond acceptors (Lipinski definition) is 6. The van der Waals surface area contributed by atoms with Gasteiger partial charge in [0.25, 0.3) is 5.56 Å². The number of nitrogen functional groups attached to an aromatic ring is 2. The van der Waals surface area contributed by atoms with Gasteiger partial charge in [-0.25, -0.2) is 4.98 Å². The number of hydrogen-bond donors (Lipinski definition) is 3. The van der Waals surface area contributed by atoms with Gasteiger partial charge in [0.15, 0.2) is 5.82 Å². The maximum atomic E-state index is 11.3. The SMILES string of the molecule is Cc1nscc1-c1nc(N)c(N)c(=O)[nH]1. The molecule has 6 nitrogen and oxygen atoms in total. The highest BCUT2D eigenvalue weighted by atomic mass is 32.1. The van der Waals surface area contributed by atoms with Crippen LogP contribution in [0.15, 0.2) is 10.2 Å². The lowest BCUT2D eigenvalue weighted by Gasteiger charge is -2.02. The number of H-pyrrole nitrogens is 1. The van der Waals surface area contributed by atoms with E-state index in [0.717, 1.165) is 11.3 Å². The van der Waals surface area contributed by atoms with Crippen molar-refractivity contribution in [3.05, 3.63) is 21.4 Å². The van der Waals surface area contributed by atoms with E-state index in [-0.39, 0.29) is 11.5 Å². The monoisotopic (exact) mass is 223 g/mol. The van der Waals surface area contributed by atoms with Crippen molar-refractivity contribution in [1.29, 1.82) is 0 Å². The molecule has 0 atom stereocenters. The fourth-order valence-electron chi connectivity index (χ4n) is 1.15. The van der Waals surface area contributed by atoms with E-state index in [0.29, 0.717) is 5.82 Å². The zero-order valence-corrected chi connectivity index (χ0v) is 8.76. The number of nitrogens with one attached hydrogen (secondary N) is 1. The van der Waals surface area contributed by atoms with E-state index in [1.54, 1.807) is 5.38 Å². The minimum Gasteiger partial charge on any atom is -0.391 e. The van der Waals surface area contributed by atoms with E-state index in [1.807, 2.05) is 6.92 Å².